The molecule has 0 spiro atoms. The SMILES string of the molecule is OCCCN(CCO)Cc1cnc(-c2cccs2)s1. The maximum atomic E-state index is 9.05. The lowest BCUT2D eigenvalue weighted by Gasteiger charge is -2.19. The Labute approximate surface area is 121 Å². The molecule has 2 aromatic heterocycles. The maximum absolute atomic E-state index is 9.05. The smallest absolute Gasteiger partial charge is 0.133 e. The maximum Gasteiger partial charge on any atom is 0.133 e. The van der Waals surface area contributed by atoms with Crippen molar-refractivity contribution in [2.24, 2.45) is 0 Å². The second kappa shape index (κ2) is 7.72. The third-order valence-corrected chi connectivity index (χ3v) is 4.73. The zero-order chi connectivity index (χ0) is 13.5. The van der Waals surface area contributed by atoms with Gasteiger partial charge in [0.15, 0.2) is 0 Å². The predicted octanol–water partition coefficient (Wildman–Crippen LogP) is 2.05. The number of hydrogen-bond acceptors (Lipinski definition) is 6. The van der Waals surface area contributed by atoms with Crippen molar-refractivity contribution in [3.05, 3.63) is 28.6 Å². The Bertz CT molecular complexity index is 471. The van der Waals surface area contributed by atoms with Gasteiger partial charge < -0.3 is 10.2 Å². The van der Waals surface area contributed by atoms with Crippen LogP contribution in [0.2, 0.25) is 0 Å². The summed E-state index contributed by atoms with van der Waals surface area (Å²) in [5, 5.41) is 21.0. The molecule has 0 saturated heterocycles. The molecule has 0 aliphatic heterocycles. The van der Waals surface area contributed by atoms with Gasteiger partial charge in [-0.2, -0.15) is 0 Å². The van der Waals surface area contributed by atoms with Crippen LogP contribution in [-0.2, 0) is 6.54 Å². The lowest BCUT2D eigenvalue weighted by Crippen LogP contribution is -2.27. The highest BCUT2D eigenvalue weighted by molar-refractivity contribution is 7.20. The van der Waals surface area contributed by atoms with Gasteiger partial charge in [-0.05, 0) is 17.9 Å². The first kappa shape index (κ1) is 14.6. The number of thiophene rings is 1. The molecule has 0 bridgehead atoms. The number of nitrogens with zero attached hydrogens (tertiary/aromatic N) is 2. The monoisotopic (exact) mass is 298 g/mol. The molecule has 4 nitrogen and oxygen atoms in total. The molecule has 2 rings (SSSR count). The van der Waals surface area contributed by atoms with Crippen LogP contribution in [0.1, 0.15) is 11.3 Å². The van der Waals surface area contributed by atoms with Crippen molar-refractivity contribution in [3.8, 4) is 9.88 Å². The van der Waals surface area contributed by atoms with Crippen molar-refractivity contribution in [3.63, 3.8) is 0 Å². The summed E-state index contributed by atoms with van der Waals surface area (Å²) in [5.74, 6) is 0. The van der Waals surface area contributed by atoms with E-state index in [-0.39, 0.29) is 13.2 Å². The molecule has 0 aliphatic rings. The highest BCUT2D eigenvalue weighted by Gasteiger charge is 2.10. The van der Waals surface area contributed by atoms with Gasteiger partial charge in [-0.1, -0.05) is 6.07 Å². The Balaban J connectivity index is 1.97. The first-order valence-corrected chi connectivity index (χ1v) is 7.95. The summed E-state index contributed by atoms with van der Waals surface area (Å²) >= 11 is 3.39. The summed E-state index contributed by atoms with van der Waals surface area (Å²) in [6.07, 6.45) is 2.64. The summed E-state index contributed by atoms with van der Waals surface area (Å²) in [7, 11) is 0. The van der Waals surface area contributed by atoms with E-state index >= 15 is 0 Å². The minimum absolute atomic E-state index is 0.141. The lowest BCUT2D eigenvalue weighted by atomic mass is 10.3. The molecule has 2 heterocycles. The Morgan fingerprint density at radius 3 is 2.79 bits per heavy atom. The summed E-state index contributed by atoms with van der Waals surface area (Å²) in [6.45, 7) is 2.53. The van der Waals surface area contributed by atoms with Crippen molar-refractivity contribution in [2.45, 2.75) is 13.0 Å². The van der Waals surface area contributed by atoms with Crippen LogP contribution in [0.3, 0.4) is 0 Å². The molecule has 0 aliphatic carbocycles. The summed E-state index contributed by atoms with van der Waals surface area (Å²) in [6, 6.07) is 4.10. The van der Waals surface area contributed by atoms with E-state index in [1.54, 1.807) is 22.7 Å². The fourth-order valence-corrected chi connectivity index (χ4v) is 3.58. The van der Waals surface area contributed by atoms with Gasteiger partial charge >= 0.3 is 0 Å². The summed E-state index contributed by atoms with van der Waals surface area (Å²) < 4.78 is 0. The van der Waals surface area contributed by atoms with Crippen molar-refractivity contribution >= 4 is 22.7 Å². The average molecular weight is 298 g/mol. The molecule has 0 radical (unpaired) electrons. The first-order chi connectivity index (χ1) is 9.33. The fraction of sp³-hybridized carbons (Fsp3) is 0.462. The molecule has 19 heavy (non-hydrogen) atoms. The molecule has 2 aromatic rings. The molecule has 0 atom stereocenters. The Hall–Kier alpha value is -0.790. The van der Waals surface area contributed by atoms with Crippen LogP contribution in [0.4, 0.5) is 0 Å². The zero-order valence-corrected chi connectivity index (χ0v) is 12.3. The topological polar surface area (TPSA) is 56.6 Å². The largest absolute Gasteiger partial charge is 0.396 e. The van der Waals surface area contributed by atoms with Crippen molar-refractivity contribution in [1.82, 2.24) is 9.88 Å². The Kier molecular flexibility index (Phi) is 5.93. The molecular weight excluding hydrogens is 280 g/mol. The molecule has 0 amide bonds. The van der Waals surface area contributed by atoms with Gasteiger partial charge in [0.2, 0.25) is 0 Å². The third kappa shape index (κ3) is 4.36. The second-order valence-corrected chi connectivity index (χ2v) is 6.25. The van der Waals surface area contributed by atoms with Gasteiger partial charge in [-0.25, -0.2) is 4.98 Å². The van der Waals surface area contributed by atoms with Gasteiger partial charge in [0.05, 0.1) is 11.5 Å². The van der Waals surface area contributed by atoms with Crippen LogP contribution in [0.15, 0.2) is 23.7 Å². The standard InChI is InChI=1S/C13H18N2O2S2/c16-6-2-4-15(5-7-17)10-11-9-14-13(19-11)12-3-1-8-18-12/h1,3,8-9,16-17H,2,4-7,10H2. The molecule has 0 saturated carbocycles. The quantitative estimate of drug-likeness (QED) is 0.783. The van der Waals surface area contributed by atoms with E-state index in [9.17, 15) is 0 Å². The van der Waals surface area contributed by atoms with Gasteiger partial charge in [-0.3, -0.25) is 4.90 Å². The number of rotatable bonds is 8. The van der Waals surface area contributed by atoms with E-state index in [4.69, 9.17) is 10.2 Å². The molecule has 0 unspecified atom stereocenters. The summed E-state index contributed by atoms with van der Waals surface area (Å²) in [5.41, 5.74) is 0. The van der Waals surface area contributed by atoms with Crippen molar-refractivity contribution in [2.75, 3.05) is 26.3 Å². The van der Waals surface area contributed by atoms with E-state index in [2.05, 4.69) is 21.3 Å². The van der Waals surface area contributed by atoms with E-state index in [1.807, 2.05) is 12.3 Å². The van der Waals surface area contributed by atoms with E-state index < -0.39 is 0 Å². The first-order valence-electron chi connectivity index (χ1n) is 6.26. The van der Waals surface area contributed by atoms with E-state index in [1.165, 1.54) is 9.75 Å². The minimum atomic E-state index is 0.141. The van der Waals surface area contributed by atoms with Gasteiger partial charge in [-0.15, -0.1) is 22.7 Å². The third-order valence-electron chi connectivity index (χ3n) is 2.71. The van der Waals surface area contributed by atoms with E-state index in [0.717, 1.165) is 24.5 Å². The Morgan fingerprint density at radius 1 is 1.21 bits per heavy atom. The molecule has 0 aromatic carbocycles. The highest BCUT2D eigenvalue weighted by Crippen LogP contribution is 2.29. The van der Waals surface area contributed by atoms with Crippen molar-refractivity contribution in [1.29, 1.82) is 0 Å². The number of aromatic nitrogens is 1. The van der Waals surface area contributed by atoms with Crippen LogP contribution in [0.5, 0.6) is 0 Å². The van der Waals surface area contributed by atoms with Crippen LogP contribution in [-0.4, -0.2) is 46.4 Å². The number of thiazole rings is 1. The molecule has 6 heteroatoms. The molecule has 104 valence electrons. The molecule has 0 fully saturated rings. The highest BCUT2D eigenvalue weighted by atomic mass is 32.1. The van der Waals surface area contributed by atoms with Gasteiger partial charge in [0.1, 0.15) is 5.01 Å². The van der Waals surface area contributed by atoms with Gasteiger partial charge in [0.25, 0.3) is 0 Å². The molecular formula is C13H18N2O2S2. The number of aliphatic hydroxyl groups excluding tert-OH is 2. The van der Waals surface area contributed by atoms with Crippen LogP contribution in [0.25, 0.3) is 9.88 Å². The average Bonchev–Trinajstić information content (AvgIpc) is 3.06. The van der Waals surface area contributed by atoms with Crippen molar-refractivity contribution < 1.29 is 10.2 Å². The van der Waals surface area contributed by atoms with Crippen LogP contribution < -0.4 is 0 Å². The summed E-state index contributed by atoms with van der Waals surface area (Å²) in [4.78, 5) is 8.97. The zero-order valence-electron chi connectivity index (χ0n) is 10.7. The number of hydrogen-bond donors (Lipinski definition) is 2. The fourth-order valence-electron chi connectivity index (χ4n) is 1.82. The normalized spacial score (nSPS) is 11.3. The van der Waals surface area contributed by atoms with E-state index in [0.29, 0.717) is 6.54 Å². The minimum Gasteiger partial charge on any atom is -0.396 e. The number of aliphatic hydroxyl groups is 2. The van der Waals surface area contributed by atoms with Crippen LogP contribution in [0, 0.1) is 0 Å². The van der Waals surface area contributed by atoms with Crippen LogP contribution >= 0.6 is 22.7 Å². The lowest BCUT2D eigenvalue weighted by molar-refractivity contribution is 0.175. The molecule has 2 N–H and O–H groups in total. The predicted molar refractivity (Wildman–Crippen MR) is 79.5 cm³/mol. The Morgan fingerprint density at radius 2 is 2.11 bits per heavy atom. The van der Waals surface area contributed by atoms with Gasteiger partial charge in [0, 0.05) is 37.3 Å². The second-order valence-electron chi connectivity index (χ2n) is 4.19.